The molecule has 0 unspecified atom stereocenters. The summed E-state index contributed by atoms with van der Waals surface area (Å²) in [7, 11) is -4.21. The van der Waals surface area contributed by atoms with E-state index in [0.717, 1.165) is 12.8 Å². The summed E-state index contributed by atoms with van der Waals surface area (Å²) in [6.07, 6.45) is 4.34. The third kappa shape index (κ3) is 6.13. The van der Waals surface area contributed by atoms with E-state index in [0.29, 0.717) is 12.5 Å². The zero-order chi connectivity index (χ0) is 27.4. The first-order valence-electron chi connectivity index (χ1n) is 13.8. The number of hydrogen-bond donors (Lipinski definition) is 0. The van der Waals surface area contributed by atoms with Crippen molar-refractivity contribution in [3.05, 3.63) is 115 Å². The summed E-state index contributed by atoms with van der Waals surface area (Å²) in [5.74, 6) is 0.404. The molecule has 2 atom stereocenters. The molecule has 0 saturated heterocycles. The van der Waals surface area contributed by atoms with Crippen molar-refractivity contribution in [2.75, 3.05) is 6.61 Å². The summed E-state index contributed by atoms with van der Waals surface area (Å²) in [4.78, 5) is 0. The SMILES string of the molecule is C=C1[C@@H](C)C/C(=C/CO[P+](c2ccccc2)(c2ccccc2)c2ccccc2)C[C@H]1O[Si](C)(C)C(C)(C)C. The van der Waals surface area contributed by atoms with Gasteiger partial charge >= 0.3 is 0 Å². The minimum absolute atomic E-state index is 0.0859. The van der Waals surface area contributed by atoms with Gasteiger partial charge in [-0.1, -0.05) is 101 Å². The van der Waals surface area contributed by atoms with Crippen molar-refractivity contribution in [1.29, 1.82) is 0 Å². The second-order valence-corrected chi connectivity index (χ2v) is 19.8. The second kappa shape index (κ2) is 11.8. The Morgan fingerprint density at radius 2 is 1.26 bits per heavy atom. The van der Waals surface area contributed by atoms with E-state index in [-0.39, 0.29) is 11.1 Å². The fourth-order valence-electron chi connectivity index (χ4n) is 4.96. The molecule has 0 radical (unpaired) electrons. The lowest BCUT2D eigenvalue weighted by Gasteiger charge is -2.42. The minimum atomic E-state index is -2.31. The van der Waals surface area contributed by atoms with Gasteiger partial charge in [0.25, 0.3) is 0 Å². The average Bonchev–Trinajstić information content (AvgIpc) is 2.90. The molecule has 0 N–H and O–H groups in total. The van der Waals surface area contributed by atoms with Gasteiger partial charge in [0, 0.05) is 0 Å². The average molecular weight is 544 g/mol. The van der Waals surface area contributed by atoms with Crippen molar-refractivity contribution in [2.45, 2.75) is 64.8 Å². The summed E-state index contributed by atoms with van der Waals surface area (Å²) in [6.45, 7) is 18.9. The molecule has 200 valence electrons. The van der Waals surface area contributed by atoms with Crippen LogP contribution >= 0.6 is 7.49 Å². The van der Waals surface area contributed by atoms with E-state index in [2.05, 4.69) is 144 Å². The summed E-state index contributed by atoms with van der Waals surface area (Å²) in [5, 5.41) is 3.88. The molecule has 4 rings (SSSR count). The number of hydrogen-bond acceptors (Lipinski definition) is 2. The van der Waals surface area contributed by atoms with E-state index in [1.54, 1.807) is 0 Å². The van der Waals surface area contributed by atoms with Gasteiger partial charge in [0.05, 0.1) is 6.10 Å². The molecule has 0 amide bonds. The Labute approximate surface area is 232 Å². The molecule has 1 aliphatic carbocycles. The molecule has 1 fully saturated rings. The van der Waals surface area contributed by atoms with Crippen LogP contribution in [0.1, 0.15) is 40.5 Å². The first kappa shape index (κ1) is 28.7. The highest BCUT2D eigenvalue weighted by Crippen LogP contribution is 2.56. The second-order valence-electron chi connectivity index (χ2n) is 12.0. The molecule has 3 aromatic carbocycles. The summed E-state index contributed by atoms with van der Waals surface area (Å²) in [6, 6.07) is 32.3. The van der Waals surface area contributed by atoms with E-state index in [1.807, 2.05) is 0 Å². The molecule has 0 spiro atoms. The lowest BCUT2D eigenvalue weighted by atomic mass is 9.81. The summed E-state index contributed by atoms with van der Waals surface area (Å²) >= 11 is 0. The van der Waals surface area contributed by atoms with Crippen LogP contribution in [-0.2, 0) is 8.95 Å². The van der Waals surface area contributed by atoms with E-state index >= 15 is 0 Å². The van der Waals surface area contributed by atoms with Gasteiger partial charge in [-0.2, -0.15) is 0 Å². The lowest BCUT2D eigenvalue weighted by molar-refractivity contribution is 0.189. The van der Waals surface area contributed by atoms with Gasteiger partial charge in [0.15, 0.2) is 8.32 Å². The van der Waals surface area contributed by atoms with E-state index in [4.69, 9.17) is 8.95 Å². The standard InChI is InChI=1S/C34H44O2PSi/c1-27-25-29(26-33(28(27)2)36-38(6,7)34(3,4)5)23-24-35-37(30-17-11-8-12-18-30,31-19-13-9-14-20-31)32-21-15-10-16-22-32/h8-23,27,33H,2,24-26H2,1,3-7H3/q+1/b29-23-/t27-,33+/m0/s1. The molecule has 0 aliphatic heterocycles. The molecular weight excluding hydrogens is 499 g/mol. The van der Waals surface area contributed by atoms with Crippen LogP contribution in [0.4, 0.5) is 0 Å². The van der Waals surface area contributed by atoms with Crippen LogP contribution in [0.5, 0.6) is 0 Å². The maximum absolute atomic E-state index is 7.12. The predicted molar refractivity (Wildman–Crippen MR) is 169 cm³/mol. The predicted octanol–water partition coefficient (Wildman–Crippen LogP) is 8.22. The van der Waals surface area contributed by atoms with Crippen molar-refractivity contribution >= 4 is 31.7 Å². The summed E-state index contributed by atoms with van der Waals surface area (Å²) in [5.41, 5.74) is 2.66. The fraction of sp³-hybridized carbons (Fsp3) is 0.353. The monoisotopic (exact) mass is 543 g/mol. The highest BCUT2D eigenvalue weighted by molar-refractivity contribution is 7.91. The van der Waals surface area contributed by atoms with Crippen LogP contribution in [0.25, 0.3) is 0 Å². The third-order valence-corrected chi connectivity index (χ3v) is 16.4. The zero-order valence-electron chi connectivity index (χ0n) is 24.0. The van der Waals surface area contributed by atoms with Crippen molar-refractivity contribution in [1.82, 2.24) is 0 Å². The van der Waals surface area contributed by atoms with Crippen molar-refractivity contribution in [3.8, 4) is 0 Å². The molecule has 1 aliphatic rings. The van der Waals surface area contributed by atoms with Crippen LogP contribution in [0.2, 0.25) is 18.1 Å². The number of rotatable bonds is 8. The Balaban J connectivity index is 1.66. The molecule has 1 saturated carbocycles. The maximum Gasteiger partial charge on any atom is 0.242 e. The first-order valence-corrected chi connectivity index (χ1v) is 18.4. The van der Waals surface area contributed by atoms with Crippen LogP contribution in [0, 0.1) is 5.92 Å². The minimum Gasteiger partial charge on any atom is -0.410 e. The van der Waals surface area contributed by atoms with E-state index < -0.39 is 15.8 Å². The van der Waals surface area contributed by atoms with Crippen LogP contribution < -0.4 is 15.9 Å². The van der Waals surface area contributed by atoms with Gasteiger partial charge in [-0.15, -0.1) is 0 Å². The Kier molecular flexibility index (Phi) is 8.95. The van der Waals surface area contributed by atoms with Crippen LogP contribution in [0.3, 0.4) is 0 Å². The highest BCUT2D eigenvalue weighted by Gasteiger charge is 2.48. The smallest absolute Gasteiger partial charge is 0.242 e. The van der Waals surface area contributed by atoms with Gasteiger partial charge in [-0.05, 0) is 78.9 Å². The lowest BCUT2D eigenvalue weighted by Crippen LogP contribution is -2.45. The first-order chi connectivity index (χ1) is 18.0. The molecule has 0 aromatic heterocycles. The Morgan fingerprint density at radius 1 is 0.816 bits per heavy atom. The Hall–Kier alpha value is -2.29. The van der Waals surface area contributed by atoms with Gasteiger partial charge in [0.1, 0.15) is 22.5 Å². The largest absolute Gasteiger partial charge is 0.410 e. The topological polar surface area (TPSA) is 18.5 Å². The van der Waals surface area contributed by atoms with Crippen molar-refractivity contribution < 1.29 is 8.95 Å². The molecule has 4 heteroatoms. The summed E-state index contributed by atoms with van der Waals surface area (Å²) < 4.78 is 14.0. The third-order valence-electron chi connectivity index (χ3n) is 8.31. The zero-order valence-corrected chi connectivity index (χ0v) is 25.9. The molecule has 38 heavy (non-hydrogen) atoms. The van der Waals surface area contributed by atoms with E-state index in [1.165, 1.54) is 27.1 Å². The molecular formula is C34H44O2PSi+. The molecule has 0 bridgehead atoms. The quantitative estimate of drug-likeness (QED) is 0.162. The van der Waals surface area contributed by atoms with Crippen LogP contribution in [0.15, 0.2) is 115 Å². The van der Waals surface area contributed by atoms with Gasteiger partial charge in [-0.25, -0.2) is 4.52 Å². The highest BCUT2D eigenvalue weighted by atomic mass is 31.2. The van der Waals surface area contributed by atoms with Crippen molar-refractivity contribution in [2.24, 2.45) is 5.92 Å². The molecule has 0 heterocycles. The molecule has 2 nitrogen and oxygen atoms in total. The fourth-order valence-corrected chi connectivity index (χ4v) is 9.68. The van der Waals surface area contributed by atoms with Crippen molar-refractivity contribution in [3.63, 3.8) is 0 Å². The number of benzene rings is 3. The Bertz CT molecular complexity index is 1130. The van der Waals surface area contributed by atoms with E-state index in [9.17, 15) is 0 Å². The van der Waals surface area contributed by atoms with Crippen LogP contribution in [-0.4, -0.2) is 21.0 Å². The maximum atomic E-state index is 7.12. The van der Waals surface area contributed by atoms with Gasteiger partial charge in [0.2, 0.25) is 7.49 Å². The normalized spacial score (nSPS) is 20.1. The Morgan fingerprint density at radius 3 is 1.68 bits per heavy atom. The van der Waals surface area contributed by atoms with Gasteiger partial charge < -0.3 is 4.43 Å². The van der Waals surface area contributed by atoms with Gasteiger partial charge in [-0.3, -0.25) is 0 Å². The molecule has 3 aromatic rings.